The number of hydrogen-bond acceptors (Lipinski definition) is 2. The molecule has 0 aromatic rings. The number of nitrogens with one attached hydrogen (secondary N) is 3. The Bertz CT molecular complexity index is 185. The summed E-state index contributed by atoms with van der Waals surface area (Å²) in [5.74, 6) is 0. The minimum Gasteiger partial charge on any atom is -0.352 e. The third-order valence-corrected chi connectivity index (χ3v) is 1.42. The summed E-state index contributed by atoms with van der Waals surface area (Å²) in [6.07, 6.45) is 1.61. The van der Waals surface area contributed by atoms with Crippen LogP contribution in [-0.2, 0) is 0 Å². The van der Waals surface area contributed by atoms with E-state index in [0.717, 1.165) is 12.8 Å². The Morgan fingerprint density at radius 3 is 2.23 bits per heavy atom. The van der Waals surface area contributed by atoms with Crippen LogP contribution in [0.15, 0.2) is 0 Å². The van der Waals surface area contributed by atoms with Crippen LogP contribution < -0.4 is 21.7 Å². The average molecular weight is 196 g/mol. The summed E-state index contributed by atoms with van der Waals surface area (Å²) in [6, 6.07) is -0.706. The van der Waals surface area contributed by atoms with Gasteiger partial charge < -0.3 is 21.7 Å². The third kappa shape index (κ3) is 8.45. The molecule has 0 unspecified atom stereocenters. The van der Waals surface area contributed by atoms with Gasteiger partial charge in [0, 0.05) is 25.8 Å². The van der Waals surface area contributed by atoms with E-state index >= 15 is 0 Å². The lowest BCUT2D eigenvalue weighted by atomic mass is 10.3. The van der Waals surface area contributed by atoms with E-state index in [-0.39, 0.29) is 11.7 Å². The van der Waals surface area contributed by atoms with Crippen LogP contribution in [0.1, 0.15) is 18.5 Å². The van der Waals surface area contributed by atoms with E-state index in [2.05, 4.69) is 16.0 Å². The first-order valence-electron chi connectivity index (χ1n) is 4.15. The highest BCUT2D eigenvalue weighted by Crippen LogP contribution is 1.83. The number of hydrogen-bond donors (Lipinski definition) is 4. The van der Waals surface area contributed by atoms with E-state index in [1.165, 1.54) is 0 Å². The summed E-state index contributed by atoms with van der Waals surface area (Å²) in [4.78, 5) is 20.9. The normalized spacial score (nSPS) is 9.00. The van der Waals surface area contributed by atoms with Crippen molar-refractivity contribution >= 4 is 12.1 Å². The molecule has 5 N–H and O–H groups in total. The predicted octanol–water partition coefficient (Wildman–Crippen LogP) is 0.348. The fraction of sp³-hybridized carbons (Fsp3) is 0.714. The van der Waals surface area contributed by atoms with Gasteiger partial charge in [-0.15, -0.1) is 0 Å². The fourth-order valence-corrected chi connectivity index (χ4v) is 0.752. The molecule has 0 aromatic carbocycles. The van der Waals surface area contributed by atoms with E-state index in [1.54, 1.807) is 7.05 Å². The zero-order valence-corrected chi connectivity index (χ0v) is 7.72. The number of nitrogens with two attached hydrogens (primary N) is 1. The van der Waals surface area contributed by atoms with Crippen molar-refractivity contribution < 1.29 is 15.3 Å². The van der Waals surface area contributed by atoms with Crippen LogP contribution in [0.25, 0.3) is 0 Å². The van der Waals surface area contributed by atoms with Gasteiger partial charge in [0.2, 0.25) is 0 Å². The zero-order chi connectivity index (χ0) is 10.1. The SMILES string of the molecule is CNC(=O)NCCCCNC(N)=O.[HH].[HH].[HH].[HH]. The first-order chi connectivity index (χ1) is 6.16. The molecule has 0 fully saturated rings. The summed E-state index contributed by atoms with van der Waals surface area (Å²) in [5, 5.41) is 7.52. The molecule has 6 nitrogen and oxygen atoms in total. The molecule has 13 heavy (non-hydrogen) atoms. The molecular weight excluding hydrogens is 172 g/mol. The molecule has 0 spiro atoms. The van der Waals surface area contributed by atoms with Gasteiger partial charge in [0.25, 0.3) is 0 Å². The van der Waals surface area contributed by atoms with Crippen molar-refractivity contribution in [2.75, 3.05) is 20.1 Å². The Labute approximate surface area is 83.2 Å². The smallest absolute Gasteiger partial charge is 0.314 e. The van der Waals surface area contributed by atoms with Crippen molar-refractivity contribution in [3.05, 3.63) is 0 Å². The molecule has 6 heteroatoms. The fourth-order valence-electron chi connectivity index (χ4n) is 0.752. The standard InChI is InChI=1S/C7H16N4O2.4H2/c1-9-7(13)11-5-3-2-4-10-6(8)12;;;;/h2-5H2,1H3,(H3,8,10,12)(H2,9,11,13);4*1H. The highest BCUT2D eigenvalue weighted by Gasteiger charge is 1.94. The van der Waals surface area contributed by atoms with Gasteiger partial charge in [0.1, 0.15) is 0 Å². The number of urea groups is 2. The largest absolute Gasteiger partial charge is 0.352 e. The second-order valence-corrected chi connectivity index (χ2v) is 2.50. The number of unbranched alkanes of at least 4 members (excludes halogenated alkanes) is 1. The van der Waals surface area contributed by atoms with E-state index in [1.807, 2.05) is 0 Å². The Morgan fingerprint density at radius 2 is 1.77 bits per heavy atom. The van der Waals surface area contributed by atoms with Gasteiger partial charge in [-0.25, -0.2) is 9.59 Å². The van der Waals surface area contributed by atoms with Gasteiger partial charge in [-0.2, -0.15) is 0 Å². The first-order valence-corrected chi connectivity index (χ1v) is 4.15. The number of primary amides is 1. The zero-order valence-electron chi connectivity index (χ0n) is 7.72. The maximum absolute atomic E-state index is 10.6. The van der Waals surface area contributed by atoms with Gasteiger partial charge >= 0.3 is 12.1 Å². The average Bonchev–Trinajstić information content (AvgIpc) is 2.10. The second kappa shape index (κ2) is 7.20. The molecule has 4 amide bonds. The number of amides is 4. The molecule has 0 saturated carbocycles. The number of carbonyl (C=O) groups excluding carboxylic acids is 2. The predicted molar refractivity (Wildman–Crippen MR) is 57.7 cm³/mol. The molecule has 0 aliphatic carbocycles. The van der Waals surface area contributed by atoms with Crippen LogP contribution in [0.5, 0.6) is 0 Å². The Hall–Kier alpha value is -1.46. The minimum absolute atomic E-state index is 0. The molecule has 0 atom stereocenters. The maximum Gasteiger partial charge on any atom is 0.314 e. The van der Waals surface area contributed by atoms with E-state index in [9.17, 15) is 9.59 Å². The van der Waals surface area contributed by atoms with Gasteiger partial charge in [-0.1, -0.05) is 0 Å². The Balaban J connectivity index is -0.000000120. The molecule has 0 radical (unpaired) electrons. The highest BCUT2D eigenvalue weighted by molar-refractivity contribution is 5.73. The topological polar surface area (TPSA) is 96.2 Å². The quantitative estimate of drug-likeness (QED) is 0.477. The van der Waals surface area contributed by atoms with Gasteiger partial charge in [0.05, 0.1) is 0 Å². The Morgan fingerprint density at radius 1 is 1.23 bits per heavy atom. The van der Waals surface area contributed by atoms with Gasteiger partial charge in [-0.05, 0) is 12.8 Å². The van der Waals surface area contributed by atoms with Crippen molar-refractivity contribution in [1.29, 1.82) is 0 Å². The first kappa shape index (κ1) is 11.5. The van der Waals surface area contributed by atoms with Crippen molar-refractivity contribution in [2.45, 2.75) is 12.8 Å². The third-order valence-electron chi connectivity index (χ3n) is 1.42. The van der Waals surface area contributed by atoms with Gasteiger partial charge in [-0.3, -0.25) is 0 Å². The summed E-state index contributed by atoms with van der Waals surface area (Å²) in [5.41, 5.74) is 4.85. The molecule has 0 bridgehead atoms. The highest BCUT2D eigenvalue weighted by atomic mass is 16.2. The summed E-state index contributed by atoms with van der Waals surface area (Å²) >= 11 is 0. The van der Waals surface area contributed by atoms with E-state index in [4.69, 9.17) is 5.73 Å². The number of carbonyl (C=O) groups is 2. The molecule has 0 heterocycles. The minimum atomic E-state index is -0.515. The number of rotatable bonds is 5. The lowest BCUT2D eigenvalue weighted by Crippen LogP contribution is -2.34. The monoisotopic (exact) mass is 196 g/mol. The lowest BCUT2D eigenvalue weighted by Gasteiger charge is -2.04. The van der Waals surface area contributed by atoms with E-state index < -0.39 is 6.03 Å². The van der Waals surface area contributed by atoms with Crippen molar-refractivity contribution in [1.82, 2.24) is 16.0 Å². The molecular formula is C7H24N4O2. The van der Waals surface area contributed by atoms with Crippen LogP contribution in [0.2, 0.25) is 0 Å². The summed E-state index contributed by atoms with van der Waals surface area (Å²) in [7, 11) is 1.56. The van der Waals surface area contributed by atoms with Crippen molar-refractivity contribution in [3.8, 4) is 0 Å². The van der Waals surface area contributed by atoms with Crippen LogP contribution in [0, 0.1) is 0 Å². The molecule has 0 rings (SSSR count). The summed E-state index contributed by atoms with van der Waals surface area (Å²) in [6.45, 7) is 1.14. The van der Waals surface area contributed by atoms with Crippen molar-refractivity contribution in [3.63, 3.8) is 0 Å². The lowest BCUT2D eigenvalue weighted by molar-refractivity contribution is 0.242. The second-order valence-electron chi connectivity index (χ2n) is 2.50. The molecule has 0 saturated heterocycles. The maximum atomic E-state index is 10.6. The Kier molecular flexibility index (Phi) is 6.39. The van der Waals surface area contributed by atoms with Crippen LogP contribution in [0.4, 0.5) is 9.59 Å². The summed E-state index contributed by atoms with van der Waals surface area (Å²) < 4.78 is 0. The molecule has 0 aromatic heterocycles. The molecule has 0 aliphatic heterocycles. The van der Waals surface area contributed by atoms with E-state index in [0.29, 0.717) is 13.1 Å². The van der Waals surface area contributed by atoms with Crippen molar-refractivity contribution in [2.24, 2.45) is 5.73 Å². The molecule has 0 aliphatic rings. The van der Waals surface area contributed by atoms with Crippen LogP contribution >= 0.6 is 0 Å². The van der Waals surface area contributed by atoms with Crippen LogP contribution in [0.3, 0.4) is 0 Å². The van der Waals surface area contributed by atoms with Gasteiger partial charge in [0.15, 0.2) is 0 Å². The van der Waals surface area contributed by atoms with Crippen LogP contribution in [-0.4, -0.2) is 32.2 Å². The molecule has 84 valence electrons.